The van der Waals surface area contributed by atoms with Crippen molar-refractivity contribution >= 4 is 25.3 Å². The molecule has 0 aromatic carbocycles. The fourth-order valence-electron chi connectivity index (χ4n) is 1.81. The van der Waals surface area contributed by atoms with E-state index in [0.717, 1.165) is 10.5 Å². The number of thiol groups is 2. The first-order chi connectivity index (χ1) is 5.79. The molecule has 2 aliphatic rings. The molecule has 0 unspecified atom stereocenters. The molecule has 0 aromatic heterocycles. The Morgan fingerprint density at radius 2 is 0.706 bits per heavy atom. The van der Waals surface area contributed by atoms with Crippen molar-refractivity contribution in [3.63, 3.8) is 0 Å². The summed E-state index contributed by atoms with van der Waals surface area (Å²) in [6.07, 6.45) is 11.0. The van der Waals surface area contributed by atoms with Crippen LogP contribution in [0.3, 0.4) is 0 Å². The van der Waals surface area contributed by atoms with Crippen molar-refractivity contribution in [1.29, 1.82) is 0 Å². The van der Waals surface area contributed by atoms with Crippen LogP contribution < -0.4 is 49.6 Å². The molecule has 0 aromatic rings. The third-order valence-corrected chi connectivity index (χ3v) is 3.68. The van der Waals surface area contributed by atoms with Gasteiger partial charge in [-0.3, -0.25) is 0 Å². The maximum absolute atomic E-state index is 4.29. The van der Waals surface area contributed by atoms with E-state index >= 15 is 0 Å². The Kier molecular flexibility index (Phi) is 39.1. The van der Waals surface area contributed by atoms with Crippen molar-refractivity contribution in [2.24, 2.45) is 0 Å². The zero-order valence-electron chi connectivity index (χ0n) is 9.72. The van der Waals surface area contributed by atoms with E-state index in [0.29, 0.717) is 0 Å². The smallest absolute Gasteiger partial charge is 1.00 e. The van der Waals surface area contributed by atoms with E-state index in [1.807, 2.05) is 0 Å². The van der Waals surface area contributed by atoms with Gasteiger partial charge in [0.1, 0.15) is 0 Å². The van der Waals surface area contributed by atoms with Crippen LogP contribution >= 0.6 is 25.3 Å². The molecule has 2 fully saturated rings. The Morgan fingerprint density at radius 3 is 0.765 bits per heavy atom. The monoisotopic (exact) mass is 392 g/mol. The number of rotatable bonds is 0. The van der Waals surface area contributed by atoms with E-state index in [1.54, 1.807) is 0 Å². The molecule has 0 nitrogen and oxygen atoms in total. The molecule has 0 N–H and O–H groups in total. The van der Waals surface area contributed by atoms with Crippen LogP contribution in [0.2, 0.25) is 0 Å². The zero-order chi connectivity index (χ0) is 8.81. The molecule has 104 valence electrons. The van der Waals surface area contributed by atoms with Gasteiger partial charge < -0.3 is 49.6 Å². The van der Waals surface area contributed by atoms with Crippen molar-refractivity contribution in [3.05, 3.63) is 0 Å². The van der Waals surface area contributed by atoms with E-state index < -0.39 is 0 Å². The maximum Gasteiger partial charge on any atom is 4.00 e. The maximum atomic E-state index is 4.29. The average molecular weight is 394 g/mol. The predicted octanol–water partition coefficient (Wildman–Crippen LogP) is -8.27. The molecule has 0 heterocycles. The van der Waals surface area contributed by atoms with Gasteiger partial charge in [0.2, 0.25) is 0 Å². The first-order valence-electron chi connectivity index (χ1n) is 5.15. The minimum absolute atomic E-state index is 0. The third-order valence-electron chi connectivity index (χ3n) is 2.65. The van der Waals surface area contributed by atoms with Gasteiger partial charge >= 0.3 is 21.7 Å². The molecule has 2 aliphatic carbocycles. The zero-order valence-corrected chi connectivity index (χ0v) is 16.1. The molecular formula is C10H20Cl4S2Ti. The minimum Gasteiger partial charge on any atom is -1.00 e. The molecule has 2 saturated carbocycles. The summed E-state index contributed by atoms with van der Waals surface area (Å²) in [7, 11) is 0. The van der Waals surface area contributed by atoms with Gasteiger partial charge in [-0.2, -0.15) is 25.3 Å². The summed E-state index contributed by atoms with van der Waals surface area (Å²) in [6, 6.07) is 0. The second-order valence-corrected chi connectivity index (χ2v) is 5.34. The Bertz CT molecular complexity index is 107. The van der Waals surface area contributed by atoms with Crippen LogP contribution in [0.5, 0.6) is 0 Å². The Morgan fingerprint density at radius 1 is 0.529 bits per heavy atom. The molecule has 0 radical (unpaired) electrons. The Balaban J connectivity index is -0.0000000436. The van der Waals surface area contributed by atoms with Crippen molar-refractivity contribution in [1.82, 2.24) is 0 Å². The molecule has 2 rings (SSSR count). The molecule has 0 spiro atoms. The summed E-state index contributed by atoms with van der Waals surface area (Å²) in [6.45, 7) is 0. The predicted molar refractivity (Wildman–Crippen MR) is 62.5 cm³/mol. The molecule has 0 aliphatic heterocycles. The number of hydrogen-bond donors (Lipinski definition) is 2. The van der Waals surface area contributed by atoms with Crippen LogP contribution in [0.1, 0.15) is 51.4 Å². The number of hydrogen-bond acceptors (Lipinski definition) is 2. The van der Waals surface area contributed by atoms with Gasteiger partial charge in [-0.15, -0.1) is 0 Å². The van der Waals surface area contributed by atoms with Crippen LogP contribution in [0, 0.1) is 0 Å². The molecule has 17 heavy (non-hydrogen) atoms. The molecule has 0 amide bonds. The van der Waals surface area contributed by atoms with Crippen molar-refractivity contribution in [3.8, 4) is 0 Å². The van der Waals surface area contributed by atoms with Gasteiger partial charge in [0.05, 0.1) is 0 Å². The minimum atomic E-state index is 0. The van der Waals surface area contributed by atoms with Crippen LogP contribution in [0.4, 0.5) is 0 Å². The standard InChI is InChI=1S/2C5H10S.4ClH.Ti/c2*6-5-3-1-2-4-5;;;;;/h2*5-6H,1-4H2;4*1H;/q;;;;;;+4/p-4. The van der Waals surface area contributed by atoms with E-state index in [2.05, 4.69) is 25.3 Å². The largest absolute Gasteiger partial charge is 4.00 e. The first-order valence-corrected chi connectivity index (χ1v) is 6.18. The molecule has 0 saturated heterocycles. The van der Waals surface area contributed by atoms with Gasteiger partial charge in [0.15, 0.2) is 0 Å². The van der Waals surface area contributed by atoms with Gasteiger partial charge in [-0.05, 0) is 25.7 Å². The first kappa shape index (κ1) is 31.8. The van der Waals surface area contributed by atoms with Gasteiger partial charge in [-0.25, -0.2) is 0 Å². The molecule has 0 bridgehead atoms. The molecule has 7 heteroatoms. The molecular weight excluding hydrogens is 374 g/mol. The van der Waals surface area contributed by atoms with E-state index in [4.69, 9.17) is 0 Å². The number of halogens is 4. The quantitative estimate of drug-likeness (QED) is 0.296. The second kappa shape index (κ2) is 20.9. The summed E-state index contributed by atoms with van der Waals surface area (Å²) >= 11 is 8.58. The average Bonchev–Trinajstić information content (AvgIpc) is 2.63. The second-order valence-electron chi connectivity index (χ2n) is 3.88. The SMILES string of the molecule is SC1CCCC1.SC1CCCC1.[Cl-].[Cl-].[Cl-].[Cl-].[Ti+4]. The van der Waals surface area contributed by atoms with Gasteiger partial charge in [0, 0.05) is 10.5 Å². The van der Waals surface area contributed by atoms with Crippen LogP contribution in [-0.2, 0) is 21.7 Å². The third kappa shape index (κ3) is 18.6. The summed E-state index contributed by atoms with van der Waals surface area (Å²) in [5.41, 5.74) is 0. The molecule has 0 atom stereocenters. The fraction of sp³-hybridized carbons (Fsp3) is 1.00. The summed E-state index contributed by atoms with van der Waals surface area (Å²) < 4.78 is 0. The summed E-state index contributed by atoms with van der Waals surface area (Å²) in [5, 5.41) is 1.48. The van der Waals surface area contributed by atoms with Crippen molar-refractivity contribution < 1.29 is 71.3 Å². The normalized spacial score (nSPS) is 18.0. The Hall–Kier alpha value is 2.57. The van der Waals surface area contributed by atoms with Crippen molar-refractivity contribution in [2.45, 2.75) is 61.9 Å². The summed E-state index contributed by atoms with van der Waals surface area (Å²) in [4.78, 5) is 0. The van der Waals surface area contributed by atoms with Crippen LogP contribution in [0.15, 0.2) is 0 Å². The topological polar surface area (TPSA) is 0 Å². The van der Waals surface area contributed by atoms with Crippen LogP contribution in [-0.4, -0.2) is 10.5 Å². The van der Waals surface area contributed by atoms with E-state index in [-0.39, 0.29) is 71.3 Å². The van der Waals surface area contributed by atoms with Crippen molar-refractivity contribution in [2.75, 3.05) is 0 Å². The van der Waals surface area contributed by atoms with Crippen LogP contribution in [0.25, 0.3) is 0 Å². The van der Waals surface area contributed by atoms with E-state index in [1.165, 1.54) is 51.4 Å². The Labute approximate surface area is 157 Å². The van der Waals surface area contributed by atoms with E-state index in [9.17, 15) is 0 Å². The van der Waals surface area contributed by atoms with Gasteiger partial charge in [0.25, 0.3) is 0 Å². The summed E-state index contributed by atoms with van der Waals surface area (Å²) in [5.74, 6) is 0. The van der Waals surface area contributed by atoms with Gasteiger partial charge in [-0.1, -0.05) is 25.7 Å². The fourth-order valence-corrected chi connectivity index (χ4v) is 2.54.